The maximum atomic E-state index is 12.2. The Kier molecular flexibility index (Phi) is 4.67. The lowest BCUT2D eigenvalue weighted by Gasteiger charge is -2.03. The van der Waals surface area contributed by atoms with Gasteiger partial charge in [0.1, 0.15) is 0 Å². The zero-order valence-electron chi connectivity index (χ0n) is 12.0. The Morgan fingerprint density at radius 2 is 1.48 bits per heavy atom. The monoisotopic (exact) mass is 280 g/mol. The molecule has 2 rings (SSSR count). The number of carbonyl (C=O) groups is 2. The summed E-state index contributed by atoms with van der Waals surface area (Å²) in [4.78, 5) is 23.6. The fourth-order valence-electron chi connectivity index (χ4n) is 1.96. The molecule has 106 valence electrons. The van der Waals surface area contributed by atoms with E-state index >= 15 is 0 Å². The van der Waals surface area contributed by atoms with Crippen LogP contribution in [0.15, 0.2) is 60.2 Å². The van der Waals surface area contributed by atoms with Crippen molar-refractivity contribution in [3.05, 3.63) is 76.9 Å². The topological polar surface area (TPSA) is 43.4 Å². The quantitative estimate of drug-likeness (QED) is 0.489. The molecular formula is C18H16O3. The van der Waals surface area contributed by atoms with Crippen LogP contribution in [0.5, 0.6) is 0 Å². The highest BCUT2D eigenvalue weighted by molar-refractivity contribution is 6.09. The van der Waals surface area contributed by atoms with Crippen molar-refractivity contribution in [2.45, 2.75) is 6.92 Å². The highest BCUT2D eigenvalue weighted by Crippen LogP contribution is 2.13. The Balaban J connectivity index is 2.20. The number of ether oxygens (including phenoxy) is 1. The van der Waals surface area contributed by atoms with E-state index in [4.69, 9.17) is 0 Å². The van der Waals surface area contributed by atoms with Gasteiger partial charge in [-0.05, 0) is 18.6 Å². The third kappa shape index (κ3) is 3.66. The predicted octanol–water partition coefficient (Wildman–Crippen LogP) is 3.49. The minimum atomic E-state index is -0.362. The van der Waals surface area contributed by atoms with Gasteiger partial charge in [0.25, 0.3) is 0 Å². The molecule has 0 aliphatic heterocycles. The van der Waals surface area contributed by atoms with Gasteiger partial charge in [-0.15, -0.1) is 0 Å². The van der Waals surface area contributed by atoms with Crippen LogP contribution in [0.1, 0.15) is 28.4 Å². The van der Waals surface area contributed by atoms with Gasteiger partial charge in [0, 0.05) is 16.7 Å². The average molecular weight is 280 g/mol. The molecule has 3 nitrogen and oxygen atoms in total. The third-order valence-electron chi connectivity index (χ3n) is 3.10. The first-order valence-electron chi connectivity index (χ1n) is 6.58. The first kappa shape index (κ1) is 14.7. The number of esters is 1. The largest absolute Gasteiger partial charge is 0.466 e. The van der Waals surface area contributed by atoms with Gasteiger partial charge in [-0.25, -0.2) is 4.79 Å². The fourth-order valence-corrected chi connectivity index (χ4v) is 1.96. The van der Waals surface area contributed by atoms with Crippen LogP contribution in [0.3, 0.4) is 0 Å². The first-order chi connectivity index (χ1) is 10.1. The number of hydrogen-bond donors (Lipinski definition) is 0. The van der Waals surface area contributed by atoms with E-state index in [9.17, 15) is 9.59 Å². The smallest absolute Gasteiger partial charge is 0.333 e. The van der Waals surface area contributed by atoms with E-state index in [-0.39, 0.29) is 11.8 Å². The normalized spacial score (nSPS) is 11.0. The maximum Gasteiger partial charge on any atom is 0.333 e. The van der Waals surface area contributed by atoms with Crippen LogP contribution < -0.4 is 0 Å². The molecule has 0 heterocycles. The van der Waals surface area contributed by atoms with Gasteiger partial charge in [0.15, 0.2) is 5.78 Å². The zero-order chi connectivity index (χ0) is 15.2. The van der Waals surface area contributed by atoms with Crippen molar-refractivity contribution in [3.63, 3.8) is 0 Å². The van der Waals surface area contributed by atoms with Crippen molar-refractivity contribution in [2.75, 3.05) is 7.11 Å². The van der Waals surface area contributed by atoms with Crippen LogP contribution in [0.25, 0.3) is 6.08 Å². The number of carbonyl (C=O) groups excluding carboxylic acids is 2. The number of methoxy groups -OCH3 is 1. The molecular weight excluding hydrogens is 264 g/mol. The minimum absolute atomic E-state index is 0.0178. The summed E-state index contributed by atoms with van der Waals surface area (Å²) in [5.41, 5.74) is 2.64. The summed E-state index contributed by atoms with van der Waals surface area (Å²) in [5.74, 6) is -0.379. The van der Waals surface area contributed by atoms with Gasteiger partial charge in [-0.1, -0.05) is 54.6 Å². The molecule has 0 aliphatic carbocycles. The second-order valence-electron chi connectivity index (χ2n) is 4.64. The minimum Gasteiger partial charge on any atom is -0.466 e. The predicted molar refractivity (Wildman–Crippen MR) is 82.0 cm³/mol. The summed E-state index contributed by atoms with van der Waals surface area (Å²) >= 11 is 0. The van der Waals surface area contributed by atoms with Crippen molar-refractivity contribution >= 4 is 17.8 Å². The standard InChI is InChI=1S/C18H16O3/c1-13(18(20)21-2)12-14-8-10-16(11-9-14)17(19)15-6-4-3-5-7-15/h3-12H,1-2H3/b13-12+. The van der Waals surface area contributed by atoms with Gasteiger partial charge in [-0.3, -0.25) is 4.79 Å². The van der Waals surface area contributed by atoms with E-state index in [2.05, 4.69) is 4.74 Å². The van der Waals surface area contributed by atoms with Crippen LogP contribution in [0, 0.1) is 0 Å². The molecule has 0 atom stereocenters. The summed E-state index contributed by atoms with van der Waals surface area (Å²) < 4.78 is 4.64. The molecule has 2 aromatic carbocycles. The van der Waals surface area contributed by atoms with E-state index in [1.165, 1.54) is 7.11 Å². The van der Waals surface area contributed by atoms with E-state index in [1.54, 1.807) is 37.3 Å². The van der Waals surface area contributed by atoms with Crippen molar-refractivity contribution in [3.8, 4) is 0 Å². The summed E-state index contributed by atoms with van der Waals surface area (Å²) in [6.45, 7) is 1.69. The van der Waals surface area contributed by atoms with E-state index in [1.807, 2.05) is 30.3 Å². The molecule has 2 aromatic rings. The number of benzene rings is 2. The van der Waals surface area contributed by atoms with Crippen molar-refractivity contribution < 1.29 is 14.3 Å². The van der Waals surface area contributed by atoms with E-state index in [0.717, 1.165) is 5.56 Å². The average Bonchev–Trinajstić information content (AvgIpc) is 2.55. The first-order valence-corrected chi connectivity index (χ1v) is 6.58. The molecule has 0 radical (unpaired) electrons. The fraction of sp³-hybridized carbons (Fsp3) is 0.111. The van der Waals surface area contributed by atoms with Crippen LogP contribution in [-0.4, -0.2) is 18.9 Å². The van der Waals surface area contributed by atoms with Gasteiger partial charge >= 0.3 is 5.97 Å². The SMILES string of the molecule is COC(=O)/C(C)=C/c1ccc(C(=O)c2ccccc2)cc1. The Morgan fingerprint density at radius 1 is 0.905 bits per heavy atom. The number of rotatable bonds is 4. The molecule has 0 saturated heterocycles. The number of ketones is 1. The molecule has 0 spiro atoms. The summed E-state index contributed by atoms with van der Waals surface area (Å²) in [6, 6.07) is 16.3. The number of hydrogen-bond acceptors (Lipinski definition) is 3. The second-order valence-corrected chi connectivity index (χ2v) is 4.64. The van der Waals surface area contributed by atoms with E-state index < -0.39 is 0 Å². The molecule has 0 saturated carbocycles. The van der Waals surface area contributed by atoms with Crippen LogP contribution in [-0.2, 0) is 9.53 Å². The van der Waals surface area contributed by atoms with Gasteiger partial charge < -0.3 is 4.74 Å². The van der Waals surface area contributed by atoms with E-state index in [0.29, 0.717) is 16.7 Å². The lowest BCUT2D eigenvalue weighted by atomic mass is 10.0. The Morgan fingerprint density at radius 3 is 2.05 bits per heavy atom. The summed E-state index contributed by atoms with van der Waals surface area (Å²) in [5, 5.41) is 0. The molecule has 3 heteroatoms. The highest BCUT2D eigenvalue weighted by atomic mass is 16.5. The summed E-state index contributed by atoms with van der Waals surface area (Å²) in [7, 11) is 1.35. The lowest BCUT2D eigenvalue weighted by molar-refractivity contribution is -0.135. The Hall–Kier alpha value is -2.68. The van der Waals surface area contributed by atoms with Gasteiger partial charge in [0.05, 0.1) is 7.11 Å². The van der Waals surface area contributed by atoms with Crippen molar-refractivity contribution in [1.82, 2.24) is 0 Å². The molecule has 0 aliphatic rings. The van der Waals surface area contributed by atoms with Gasteiger partial charge in [-0.2, -0.15) is 0 Å². The summed E-state index contributed by atoms with van der Waals surface area (Å²) in [6.07, 6.45) is 1.72. The zero-order valence-corrected chi connectivity index (χ0v) is 12.0. The Bertz CT molecular complexity index is 667. The van der Waals surface area contributed by atoms with Crippen molar-refractivity contribution in [2.24, 2.45) is 0 Å². The maximum absolute atomic E-state index is 12.2. The molecule has 0 aromatic heterocycles. The molecule has 0 fully saturated rings. The molecule has 0 bridgehead atoms. The Labute approximate surface area is 123 Å². The van der Waals surface area contributed by atoms with Crippen LogP contribution in [0.4, 0.5) is 0 Å². The lowest BCUT2D eigenvalue weighted by Crippen LogP contribution is -2.02. The van der Waals surface area contributed by atoms with Crippen LogP contribution >= 0.6 is 0 Å². The third-order valence-corrected chi connectivity index (χ3v) is 3.10. The molecule has 21 heavy (non-hydrogen) atoms. The molecule has 0 N–H and O–H groups in total. The van der Waals surface area contributed by atoms with Crippen molar-refractivity contribution in [1.29, 1.82) is 0 Å². The van der Waals surface area contributed by atoms with Gasteiger partial charge in [0.2, 0.25) is 0 Å². The molecule has 0 amide bonds. The molecule has 0 unspecified atom stereocenters. The second kappa shape index (κ2) is 6.66. The van der Waals surface area contributed by atoms with Crippen LogP contribution in [0.2, 0.25) is 0 Å². The highest BCUT2D eigenvalue weighted by Gasteiger charge is 2.08.